The van der Waals surface area contributed by atoms with Crippen LogP contribution < -0.4 is 5.73 Å². The van der Waals surface area contributed by atoms with Crippen LogP contribution in [0.4, 0.5) is 4.39 Å². The normalized spacial score (nSPS) is 14.8. The van der Waals surface area contributed by atoms with Crippen molar-refractivity contribution < 1.29 is 9.13 Å². The lowest BCUT2D eigenvalue weighted by Gasteiger charge is -2.22. The second kappa shape index (κ2) is 5.75. The summed E-state index contributed by atoms with van der Waals surface area (Å²) in [5.41, 5.74) is 6.13. The van der Waals surface area contributed by atoms with E-state index in [1.807, 2.05) is 13.8 Å². The van der Waals surface area contributed by atoms with Crippen molar-refractivity contribution >= 4 is 15.9 Å². The summed E-state index contributed by atoms with van der Waals surface area (Å²) in [6.07, 6.45) is 0.829. The van der Waals surface area contributed by atoms with Crippen molar-refractivity contribution in [1.29, 1.82) is 0 Å². The highest BCUT2D eigenvalue weighted by Crippen LogP contribution is 2.16. The Morgan fingerprint density at radius 1 is 1.50 bits per heavy atom. The van der Waals surface area contributed by atoms with Crippen LogP contribution in [0.25, 0.3) is 0 Å². The van der Waals surface area contributed by atoms with Gasteiger partial charge in [0, 0.05) is 15.6 Å². The van der Waals surface area contributed by atoms with Crippen LogP contribution in [0.2, 0.25) is 0 Å². The van der Waals surface area contributed by atoms with Crippen LogP contribution in [0.5, 0.6) is 0 Å². The number of rotatable bonds is 5. The molecule has 0 fully saturated rings. The Hall–Kier alpha value is -0.450. The average Bonchev–Trinajstić information content (AvgIpc) is 2.21. The van der Waals surface area contributed by atoms with Gasteiger partial charge in [0.15, 0.2) is 0 Å². The number of halogens is 2. The minimum absolute atomic E-state index is 0.256. The predicted molar refractivity (Wildman–Crippen MR) is 66.6 cm³/mol. The van der Waals surface area contributed by atoms with Crippen molar-refractivity contribution in [2.45, 2.75) is 32.4 Å². The first-order valence-corrected chi connectivity index (χ1v) is 6.04. The number of hydrogen-bond acceptors (Lipinski definition) is 2. The van der Waals surface area contributed by atoms with Crippen LogP contribution in [0.15, 0.2) is 22.7 Å². The lowest BCUT2D eigenvalue weighted by molar-refractivity contribution is 0.0760. The maximum Gasteiger partial charge on any atom is 0.129 e. The Morgan fingerprint density at radius 2 is 2.19 bits per heavy atom. The first-order chi connectivity index (χ1) is 7.44. The monoisotopic (exact) mass is 289 g/mol. The summed E-state index contributed by atoms with van der Waals surface area (Å²) >= 11 is 3.21. The summed E-state index contributed by atoms with van der Waals surface area (Å²) in [6, 6.07) is 4.93. The third-order valence-electron chi connectivity index (χ3n) is 2.51. The number of nitrogens with two attached hydrogens (primary N) is 1. The molecule has 0 amide bonds. The van der Waals surface area contributed by atoms with Crippen LogP contribution in [0.1, 0.15) is 25.8 Å². The lowest BCUT2D eigenvalue weighted by atomic mass is 10.0. The van der Waals surface area contributed by atoms with Gasteiger partial charge in [-0.3, -0.25) is 0 Å². The Balaban J connectivity index is 2.49. The molecular formula is C12H17BrFNO. The topological polar surface area (TPSA) is 35.2 Å². The highest BCUT2D eigenvalue weighted by molar-refractivity contribution is 9.10. The van der Waals surface area contributed by atoms with E-state index in [1.54, 1.807) is 12.1 Å². The largest absolute Gasteiger partial charge is 0.375 e. The number of benzene rings is 1. The first kappa shape index (κ1) is 13.6. The molecule has 0 aliphatic heterocycles. The molecule has 1 unspecified atom stereocenters. The van der Waals surface area contributed by atoms with E-state index in [0.29, 0.717) is 12.2 Å². The highest BCUT2D eigenvalue weighted by atomic mass is 79.9. The molecule has 0 saturated carbocycles. The molecule has 1 aromatic carbocycles. The molecule has 16 heavy (non-hydrogen) atoms. The molecule has 0 spiro atoms. The van der Waals surface area contributed by atoms with E-state index in [-0.39, 0.29) is 18.0 Å². The van der Waals surface area contributed by atoms with E-state index >= 15 is 0 Å². The molecule has 0 heterocycles. The maximum absolute atomic E-state index is 13.4. The van der Waals surface area contributed by atoms with Crippen molar-refractivity contribution in [3.8, 4) is 0 Å². The van der Waals surface area contributed by atoms with Gasteiger partial charge >= 0.3 is 0 Å². The zero-order valence-electron chi connectivity index (χ0n) is 9.59. The third-order valence-corrected chi connectivity index (χ3v) is 3.01. The average molecular weight is 290 g/mol. The van der Waals surface area contributed by atoms with E-state index in [9.17, 15) is 4.39 Å². The van der Waals surface area contributed by atoms with Gasteiger partial charge in [0.25, 0.3) is 0 Å². The summed E-state index contributed by atoms with van der Waals surface area (Å²) in [5, 5.41) is 0. The summed E-state index contributed by atoms with van der Waals surface area (Å²) in [6.45, 7) is 4.61. The minimum Gasteiger partial charge on any atom is -0.375 e. The molecule has 90 valence electrons. The zero-order chi connectivity index (χ0) is 12.2. The van der Waals surface area contributed by atoms with Crippen molar-refractivity contribution in [3.63, 3.8) is 0 Å². The SMILES string of the molecule is CCC(C)(N)COCc1ccc(Br)cc1F. The van der Waals surface area contributed by atoms with Gasteiger partial charge in [0.05, 0.1) is 13.2 Å². The molecule has 0 aliphatic rings. The van der Waals surface area contributed by atoms with Gasteiger partial charge in [0.1, 0.15) is 5.82 Å². The van der Waals surface area contributed by atoms with E-state index < -0.39 is 0 Å². The van der Waals surface area contributed by atoms with Crippen molar-refractivity contribution in [2.24, 2.45) is 5.73 Å². The van der Waals surface area contributed by atoms with Crippen LogP contribution in [0.3, 0.4) is 0 Å². The summed E-state index contributed by atoms with van der Waals surface area (Å²) in [7, 11) is 0. The van der Waals surface area contributed by atoms with Crippen LogP contribution in [-0.4, -0.2) is 12.1 Å². The molecule has 1 rings (SSSR count). The summed E-state index contributed by atoms with van der Waals surface area (Å²) in [5.74, 6) is -0.260. The fourth-order valence-corrected chi connectivity index (χ4v) is 1.47. The molecule has 0 aromatic heterocycles. The van der Waals surface area contributed by atoms with Gasteiger partial charge in [0.2, 0.25) is 0 Å². The van der Waals surface area contributed by atoms with Gasteiger partial charge in [-0.25, -0.2) is 4.39 Å². The molecule has 0 saturated heterocycles. The van der Waals surface area contributed by atoms with Crippen molar-refractivity contribution in [1.82, 2.24) is 0 Å². The van der Waals surface area contributed by atoms with Gasteiger partial charge in [-0.15, -0.1) is 0 Å². The quantitative estimate of drug-likeness (QED) is 0.903. The van der Waals surface area contributed by atoms with Gasteiger partial charge < -0.3 is 10.5 Å². The molecule has 2 nitrogen and oxygen atoms in total. The fourth-order valence-electron chi connectivity index (χ4n) is 1.13. The van der Waals surface area contributed by atoms with Gasteiger partial charge in [-0.2, -0.15) is 0 Å². The standard InChI is InChI=1S/C12H17BrFNO/c1-3-12(2,15)8-16-7-9-4-5-10(13)6-11(9)14/h4-6H,3,7-8,15H2,1-2H3. The summed E-state index contributed by atoms with van der Waals surface area (Å²) in [4.78, 5) is 0. The predicted octanol–water partition coefficient (Wildman–Crippen LogP) is 3.23. The first-order valence-electron chi connectivity index (χ1n) is 5.25. The number of ether oxygens (including phenoxy) is 1. The van der Waals surface area contributed by atoms with E-state index in [1.165, 1.54) is 6.07 Å². The minimum atomic E-state index is -0.341. The van der Waals surface area contributed by atoms with E-state index in [2.05, 4.69) is 15.9 Å². The highest BCUT2D eigenvalue weighted by Gasteiger charge is 2.15. The Morgan fingerprint density at radius 3 is 2.75 bits per heavy atom. The van der Waals surface area contributed by atoms with Gasteiger partial charge in [-0.05, 0) is 25.5 Å². The second-order valence-electron chi connectivity index (χ2n) is 4.24. The fraction of sp³-hybridized carbons (Fsp3) is 0.500. The molecule has 0 bridgehead atoms. The zero-order valence-corrected chi connectivity index (χ0v) is 11.2. The van der Waals surface area contributed by atoms with Crippen molar-refractivity contribution in [3.05, 3.63) is 34.1 Å². The van der Waals surface area contributed by atoms with E-state index in [4.69, 9.17) is 10.5 Å². The summed E-state index contributed by atoms with van der Waals surface area (Å²) < 4.78 is 19.6. The second-order valence-corrected chi connectivity index (χ2v) is 5.15. The molecule has 1 atom stereocenters. The Kier molecular flexibility index (Phi) is 4.89. The van der Waals surface area contributed by atoms with Gasteiger partial charge in [-0.1, -0.05) is 28.9 Å². The maximum atomic E-state index is 13.4. The lowest BCUT2D eigenvalue weighted by Crippen LogP contribution is -2.40. The molecule has 1 aromatic rings. The molecule has 0 aliphatic carbocycles. The Bertz CT molecular complexity index is 355. The smallest absolute Gasteiger partial charge is 0.129 e. The Labute approximate surface area is 104 Å². The molecular weight excluding hydrogens is 273 g/mol. The van der Waals surface area contributed by atoms with Crippen LogP contribution >= 0.6 is 15.9 Å². The third kappa shape index (κ3) is 4.20. The van der Waals surface area contributed by atoms with Crippen molar-refractivity contribution in [2.75, 3.05) is 6.61 Å². The van der Waals surface area contributed by atoms with Crippen LogP contribution in [0, 0.1) is 5.82 Å². The van der Waals surface area contributed by atoms with Crippen LogP contribution in [-0.2, 0) is 11.3 Å². The number of hydrogen-bond donors (Lipinski definition) is 1. The molecule has 0 radical (unpaired) electrons. The molecule has 4 heteroatoms. The van der Waals surface area contributed by atoms with E-state index in [0.717, 1.165) is 10.9 Å². The molecule has 2 N–H and O–H groups in total.